The van der Waals surface area contributed by atoms with Crippen LogP contribution in [0.4, 0.5) is 20.2 Å². The number of fused-ring (bicyclic) bond motifs is 5. The number of carbonyl (C=O) groups is 1. The molecule has 2 aliphatic carbocycles. The van der Waals surface area contributed by atoms with E-state index in [0.717, 1.165) is 41.0 Å². The van der Waals surface area contributed by atoms with Crippen LogP contribution < -0.4 is 10.2 Å². The first kappa shape index (κ1) is 17.2. The van der Waals surface area contributed by atoms with E-state index in [2.05, 4.69) is 22.3 Å². The predicted octanol–water partition coefficient (Wildman–Crippen LogP) is 5.38. The molecule has 2 atom stereocenters. The van der Waals surface area contributed by atoms with Gasteiger partial charge in [-0.3, -0.25) is 4.79 Å². The number of aryl methyl sites for hydroxylation is 2. The summed E-state index contributed by atoms with van der Waals surface area (Å²) in [6, 6.07) is 6.09. The molecule has 2 aromatic rings. The van der Waals surface area contributed by atoms with Gasteiger partial charge in [0.25, 0.3) is 0 Å². The molecule has 3 nitrogen and oxygen atoms in total. The average Bonchev–Trinajstić information content (AvgIpc) is 2.97. The van der Waals surface area contributed by atoms with Crippen molar-refractivity contribution in [3.8, 4) is 0 Å². The third-order valence-corrected chi connectivity index (χ3v) is 7.28. The number of benzene rings is 1. The molecule has 1 aromatic heterocycles. The van der Waals surface area contributed by atoms with Gasteiger partial charge in [0.05, 0.1) is 12.5 Å². The van der Waals surface area contributed by atoms with E-state index >= 15 is 0 Å². The van der Waals surface area contributed by atoms with Crippen molar-refractivity contribution in [2.24, 2.45) is 0 Å². The fourth-order valence-electron chi connectivity index (χ4n) is 4.66. The molecule has 1 aliphatic heterocycles. The number of amides is 1. The van der Waals surface area contributed by atoms with E-state index in [-0.39, 0.29) is 23.5 Å². The lowest BCUT2D eigenvalue weighted by Gasteiger charge is -2.30. The fraction of sp³-hybridized carbons (Fsp3) is 0.476. The van der Waals surface area contributed by atoms with Crippen LogP contribution >= 0.6 is 11.3 Å². The second-order valence-corrected chi connectivity index (χ2v) is 9.34. The Hall–Kier alpha value is -1.95. The van der Waals surface area contributed by atoms with Crippen LogP contribution in [0.3, 0.4) is 0 Å². The maximum Gasteiger partial charge on any atom is 0.227 e. The molecule has 27 heavy (non-hydrogen) atoms. The molecule has 1 N–H and O–H groups in total. The van der Waals surface area contributed by atoms with Crippen molar-refractivity contribution in [1.82, 2.24) is 0 Å². The second-order valence-electron chi connectivity index (χ2n) is 8.30. The number of anilines is 2. The topological polar surface area (TPSA) is 32.3 Å². The van der Waals surface area contributed by atoms with Gasteiger partial charge in [-0.1, -0.05) is 0 Å². The minimum absolute atomic E-state index is 0.0595. The van der Waals surface area contributed by atoms with Crippen LogP contribution in [0.2, 0.25) is 0 Å². The van der Waals surface area contributed by atoms with E-state index in [4.69, 9.17) is 0 Å². The highest BCUT2D eigenvalue weighted by molar-refractivity contribution is 7.10. The van der Waals surface area contributed by atoms with Crippen molar-refractivity contribution in [3.63, 3.8) is 0 Å². The number of hydrogen-bond acceptors (Lipinski definition) is 3. The van der Waals surface area contributed by atoms with Crippen molar-refractivity contribution in [3.05, 3.63) is 44.9 Å². The van der Waals surface area contributed by atoms with E-state index in [9.17, 15) is 13.6 Å². The summed E-state index contributed by atoms with van der Waals surface area (Å²) in [5.74, 6) is 0.159. The molecule has 0 radical (unpaired) electrons. The van der Waals surface area contributed by atoms with Gasteiger partial charge in [-0.15, -0.1) is 11.3 Å². The zero-order valence-corrected chi connectivity index (χ0v) is 16.3. The molecular weight excluding hydrogens is 366 g/mol. The van der Waals surface area contributed by atoms with Gasteiger partial charge in [0, 0.05) is 28.7 Å². The van der Waals surface area contributed by atoms with Crippen molar-refractivity contribution >= 4 is 28.6 Å². The molecule has 2 fully saturated rings. The minimum Gasteiger partial charge on any atom is -0.364 e. The van der Waals surface area contributed by atoms with Gasteiger partial charge in [-0.05, 0) is 68.0 Å². The Bertz CT molecular complexity index is 927. The van der Waals surface area contributed by atoms with Crippen molar-refractivity contribution in [1.29, 1.82) is 0 Å². The number of thiophene rings is 1. The Morgan fingerprint density at radius 2 is 2.00 bits per heavy atom. The zero-order chi connectivity index (χ0) is 18.9. The minimum atomic E-state index is -1.28. The molecule has 2 bridgehead atoms. The molecule has 1 saturated carbocycles. The second kappa shape index (κ2) is 5.77. The summed E-state index contributed by atoms with van der Waals surface area (Å²) in [7, 11) is 0. The number of carbonyl (C=O) groups excluding carboxylic acids is 1. The third-order valence-electron chi connectivity index (χ3n) is 6.18. The van der Waals surface area contributed by atoms with Crippen molar-refractivity contribution in [2.75, 3.05) is 16.8 Å². The summed E-state index contributed by atoms with van der Waals surface area (Å²) in [4.78, 5) is 15.7. The summed E-state index contributed by atoms with van der Waals surface area (Å²) in [5.41, 5.74) is 3.69. The van der Waals surface area contributed by atoms with Crippen LogP contribution in [0.15, 0.2) is 18.2 Å². The maximum absolute atomic E-state index is 13.8. The predicted molar refractivity (Wildman–Crippen MR) is 104 cm³/mol. The summed E-state index contributed by atoms with van der Waals surface area (Å²) in [5, 5.41) is 2.81. The molecule has 3 aliphatic rings. The lowest BCUT2D eigenvalue weighted by atomic mass is 10.0. The van der Waals surface area contributed by atoms with E-state index in [0.29, 0.717) is 18.8 Å². The van der Waals surface area contributed by atoms with Gasteiger partial charge in [0.2, 0.25) is 5.91 Å². The first-order valence-corrected chi connectivity index (χ1v) is 10.3. The first-order valence-electron chi connectivity index (χ1n) is 9.49. The normalized spacial score (nSPS) is 24.2. The molecule has 142 valence electrons. The Morgan fingerprint density at radius 1 is 1.30 bits per heavy atom. The third kappa shape index (κ3) is 2.85. The lowest BCUT2D eigenvalue weighted by Crippen LogP contribution is -2.26. The molecule has 1 amide bonds. The molecule has 2 unspecified atom stereocenters. The number of nitrogens with one attached hydrogen (secondary N) is 1. The molecule has 1 saturated heterocycles. The summed E-state index contributed by atoms with van der Waals surface area (Å²) in [6.45, 7) is 4.85. The van der Waals surface area contributed by atoms with E-state index < -0.39 is 5.67 Å². The van der Waals surface area contributed by atoms with Gasteiger partial charge in [0.1, 0.15) is 5.67 Å². The van der Waals surface area contributed by atoms with Crippen LogP contribution in [0.5, 0.6) is 0 Å². The Kier molecular flexibility index (Phi) is 3.67. The Balaban J connectivity index is 1.38. The highest BCUT2D eigenvalue weighted by Crippen LogP contribution is 2.54. The number of alkyl halides is 1. The average molecular weight is 388 g/mol. The first-order chi connectivity index (χ1) is 12.8. The quantitative estimate of drug-likeness (QED) is 0.762. The largest absolute Gasteiger partial charge is 0.364 e. The van der Waals surface area contributed by atoms with E-state index in [1.54, 1.807) is 6.07 Å². The monoisotopic (exact) mass is 388 g/mol. The fourth-order valence-corrected chi connectivity index (χ4v) is 5.71. The standard InChI is InChI=1S/C21H22F2N2OS/c1-11-5-14(6-12(2)19(11)24-18(26)9-21(23)3-4-21)25-10-13-7-16(25)15-8-17(22)27-20(13)15/h5-6,8,13,16H,3-4,7,9-10H2,1-2H3,(H,24,26). The van der Waals surface area contributed by atoms with Gasteiger partial charge in [-0.2, -0.15) is 4.39 Å². The van der Waals surface area contributed by atoms with Crippen molar-refractivity contribution in [2.45, 2.75) is 57.2 Å². The number of hydrogen-bond donors (Lipinski definition) is 1. The van der Waals surface area contributed by atoms with Gasteiger partial charge in [-0.25, -0.2) is 4.39 Å². The SMILES string of the molecule is Cc1cc(N2CC3CC2c2cc(F)sc23)cc(C)c1NC(=O)CC1(F)CC1. The van der Waals surface area contributed by atoms with E-state index in [1.807, 2.05) is 13.8 Å². The molecule has 5 rings (SSSR count). The summed E-state index contributed by atoms with van der Waals surface area (Å²) < 4.78 is 27.5. The van der Waals surface area contributed by atoms with Gasteiger partial charge >= 0.3 is 0 Å². The summed E-state index contributed by atoms with van der Waals surface area (Å²) >= 11 is 1.29. The summed E-state index contributed by atoms with van der Waals surface area (Å²) in [6.07, 6.45) is 1.96. The van der Waals surface area contributed by atoms with Crippen LogP contribution in [-0.2, 0) is 4.79 Å². The van der Waals surface area contributed by atoms with Crippen molar-refractivity contribution < 1.29 is 13.6 Å². The smallest absolute Gasteiger partial charge is 0.227 e. The van der Waals surface area contributed by atoms with Crippen LogP contribution in [0, 0.1) is 19.0 Å². The molecule has 0 spiro atoms. The lowest BCUT2D eigenvalue weighted by molar-refractivity contribution is -0.117. The molecular formula is C21H22F2N2OS. The van der Waals surface area contributed by atoms with Crippen LogP contribution in [0.25, 0.3) is 0 Å². The van der Waals surface area contributed by atoms with Crippen LogP contribution in [-0.4, -0.2) is 18.1 Å². The highest BCUT2D eigenvalue weighted by Gasteiger charge is 2.45. The maximum atomic E-state index is 13.8. The molecule has 6 heteroatoms. The van der Waals surface area contributed by atoms with Gasteiger partial charge < -0.3 is 10.2 Å². The Morgan fingerprint density at radius 3 is 2.67 bits per heavy atom. The highest BCUT2D eigenvalue weighted by atomic mass is 32.1. The Labute approximate surface area is 161 Å². The van der Waals surface area contributed by atoms with Crippen LogP contribution in [0.1, 0.15) is 59.2 Å². The number of rotatable bonds is 4. The molecule has 2 heterocycles. The zero-order valence-electron chi connectivity index (χ0n) is 15.4. The molecule has 1 aromatic carbocycles. The van der Waals surface area contributed by atoms with Gasteiger partial charge in [0.15, 0.2) is 5.13 Å². The van der Waals surface area contributed by atoms with E-state index in [1.165, 1.54) is 16.2 Å². The number of nitrogens with zero attached hydrogens (tertiary/aromatic N) is 1. The number of halogens is 2.